The Bertz CT molecular complexity index is 309. The van der Waals surface area contributed by atoms with Gasteiger partial charge in [0.1, 0.15) is 0 Å². The Hall–Kier alpha value is -1.11. The van der Waals surface area contributed by atoms with Crippen LogP contribution < -0.4 is 4.72 Å². The molecule has 0 aromatic heterocycles. The lowest BCUT2D eigenvalue weighted by molar-refractivity contribution is 0.566. The van der Waals surface area contributed by atoms with E-state index in [-0.39, 0.29) is 6.42 Å². The summed E-state index contributed by atoms with van der Waals surface area (Å²) in [5, 5.41) is 16.3. The number of nitrogens with zero attached hydrogens (tertiary/aromatic N) is 2. The molecule has 0 saturated heterocycles. The molecular weight excluding hydrogens is 178 g/mol. The van der Waals surface area contributed by atoms with Gasteiger partial charge >= 0.3 is 0 Å². The van der Waals surface area contributed by atoms with Crippen molar-refractivity contribution in [2.75, 3.05) is 5.75 Å². The Kier molecular flexibility index (Phi) is 4.27. The number of sulfonamides is 1. The molecule has 12 heavy (non-hydrogen) atoms. The molecule has 1 unspecified atom stereocenters. The number of nitrogens with one attached hydrogen (secondary N) is 1. The molecule has 66 valence electrons. The minimum atomic E-state index is -3.52. The monoisotopic (exact) mass is 187 g/mol. The summed E-state index contributed by atoms with van der Waals surface area (Å²) in [7, 11) is -3.52. The van der Waals surface area contributed by atoms with Gasteiger partial charge in [-0.1, -0.05) is 0 Å². The van der Waals surface area contributed by atoms with Gasteiger partial charge in [-0.2, -0.15) is 10.5 Å². The molecule has 6 heteroatoms. The van der Waals surface area contributed by atoms with Crippen molar-refractivity contribution in [3.05, 3.63) is 0 Å². The Balaban J connectivity index is 4.11. The van der Waals surface area contributed by atoms with Crippen molar-refractivity contribution in [1.82, 2.24) is 4.72 Å². The molecule has 1 N–H and O–H groups in total. The molecule has 0 radical (unpaired) electrons. The first kappa shape index (κ1) is 10.9. The molecule has 0 heterocycles. The van der Waals surface area contributed by atoms with Gasteiger partial charge in [0.25, 0.3) is 0 Å². The van der Waals surface area contributed by atoms with Gasteiger partial charge in [-0.25, -0.2) is 13.1 Å². The molecule has 5 nitrogen and oxygen atoms in total. The van der Waals surface area contributed by atoms with Crippen molar-refractivity contribution < 1.29 is 8.42 Å². The van der Waals surface area contributed by atoms with Gasteiger partial charge in [0, 0.05) is 6.04 Å². The number of rotatable bonds is 4. The van der Waals surface area contributed by atoms with E-state index in [0.29, 0.717) is 0 Å². The molecule has 0 aliphatic rings. The maximum atomic E-state index is 10.9. The van der Waals surface area contributed by atoms with Crippen LogP contribution in [0.4, 0.5) is 0 Å². The lowest BCUT2D eigenvalue weighted by Gasteiger charge is -2.07. The fourth-order valence-corrected chi connectivity index (χ4v) is 1.56. The molecule has 0 spiro atoms. The zero-order valence-electron chi connectivity index (χ0n) is 6.61. The number of hydrogen-bond acceptors (Lipinski definition) is 4. The quantitative estimate of drug-likeness (QED) is 0.655. The Morgan fingerprint density at radius 1 is 1.42 bits per heavy atom. The zero-order valence-corrected chi connectivity index (χ0v) is 7.43. The molecule has 0 aromatic rings. The molecular formula is C6H9N3O2S. The smallest absolute Gasteiger partial charge is 0.211 e. The first-order valence-electron chi connectivity index (χ1n) is 3.25. The SMILES string of the molecule is CC(CC#N)NS(=O)(=O)CC#N. The van der Waals surface area contributed by atoms with Gasteiger partial charge in [0.05, 0.1) is 18.6 Å². The van der Waals surface area contributed by atoms with Crippen molar-refractivity contribution in [1.29, 1.82) is 10.5 Å². The van der Waals surface area contributed by atoms with Gasteiger partial charge in [-0.05, 0) is 6.92 Å². The largest absolute Gasteiger partial charge is 0.225 e. The predicted octanol–water partition coefficient (Wildman–Crippen LogP) is -0.268. The molecule has 0 rings (SSSR count). The molecule has 0 saturated carbocycles. The third-order valence-corrected chi connectivity index (χ3v) is 2.30. The summed E-state index contributed by atoms with van der Waals surface area (Å²) in [6.07, 6.45) is 0.102. The minimum Gasteiger partial charge on any atom is -0.211 e. The summed E-state index contributed by atoms with van der Waals surface area (Å²) in [6, 6.07) is 2.91. The standard InChI is InChI=1S/C6H9N3O2S/c1-6(2-3-7)9-12(10,11)5-4-8/h6,9H,2,5H2,1H3. The minimum absolute atomic E-state index is 0.102. The van der Waals surface area contributed by atoms with Crippen molar-refractivity contribution in [3.63, 3.8) is 0 Å². The molecule has 1 atom stereocenters. The molecule has 0 aliphatic carbocycles. The highest BCUT2D eigenvalue weighted by molar-refractivity contribution is 7.89. The van der Waals surface area contributed by atoms with Crippen molar-refractivity contribution in [2.45, 2.75) is 19.4 Å². The van der Waals surface area contributed by atoms with E-state index in [1.54, 1.807) is 6.92 Å². The molecule has 0 amide bonds. The predicted molar refractivity (Wildman–Crippen MR) is 42.2 cm³/mol. The van der Waals surface area contributed by atoms with Crippen LogP contribution in [0.1, 0.15) is 13.3 Å². The summed E-state index contributed by atoms with van der Waals surface area (Å²) >= 11 is 0. The van der Waals surface area contributed by atoms with E-state index >= 15 is 0 Å². The topological polar surface area (TPSA) is 93.8 Å². The summed E-state index contributed by atoms with van der Waals surface area (Å²) in [5.41, 5.74) is 0. The highest BCUT2D eigenvalue weighted by Gasteiger charge is 2.12. The van der Waals surface area contributed by atoms with Crippen LogP contribution >= 0.6 is 0 Å². The van der Waals surface area contributed by atoms with Gasteiger partial charge in [-0.15, -0.1) is 0 Å². The number of nitriles is 2. The fraction of sp³-hybridized carbons (Fsp3) is 0.667. The highest BCUT2D eigenvalue weighted by Crippen LogP contribution is 1.92. The summed E-state index contributed by atoms with van der Waals surface area (Å²) < 4.78 is 23.9. The van der Waals surface area contributed by atoms with Crippen LogP contribution in [-0.4, -0.2) is 20.2 Å². The van der Waals surface area contributed by atoms with Gasteiger partial charge in [0.15, 0.2) is 5.75 Å². The van der Waals surface area contributed by atoms with E-state index in [2.05, 4.69) is 4.72 Å². The van der Waals surface area contributed by atoms with Gasteiger partial charge in [-0.3, -0.25) is 0 Å². The molecule has 0 aromatic carbocycles. The Morgan fingerprint density at radius 2 is 2.00 bits per heavy atom. The Labute approximate surface area is 71.7 Å². The molecule has 0 aliphatic heterocycles. The van der Waals surface area contributed by atoms with E-state index in [9.17, 15) is 8.42 Å². The highest BCUT2D eigenvalue weighted by atomic mass is 32.2. The zero-order chi connectivity index (χ0) is 9.61. The fourth-order valence-electron chi connectivity index (χ4n) is 0.612. The van der Waals surface area contributed by atoms with E-state index in [4.69, 9.17) is 10.5 Å². The normalized spacial score (nSPS) is 12.9. The lowest BCUT2D eigenvalue weighted by atomic mass is 10.3. The van der Waals surface area contributed by atoms with E-state index < -0.39 is 21.8 Å². The van der Waals surface area contributed by atoms with Crippen LogP contribution in [0.25, 0.3) is 0 Å². The first-order valence-corrected chi connectivity index (χ1v) is 4.91. The second-order valence-electron chi connectivity index (χ2n) is 2.30. The van der Waals surface area contributed by atoms with Gasteiger partial charge < -0.3 is 0 Å². The third kappa shape index (κ3) is 4.67. The summed E-state index contributed by atoms with van der Waals surface area (Å²) in [6.45, 7) is 1.57. The van der Waals surface area contributed by atoms with Crippen LogP contribution in [0.3, 0.4) is 0 Å². The first-order chi connectivity index (χ1) is 5.52. The van der Waals surface area contributed by atoms with E-state index in [0.717, 1.165) is 0 Å². The number of hydrogen-bond donors (Lipinski definition) is 1. The van der Waals surface area contributed by atoms with Crippen molar-refractivity contribution in [3.8, 4) is 12.1 Å². The van der Waals surface area contributed by atoms with Crippen LogP contribution in [0.15, 0.2) is 0 Å². The maximum absolute atomic E-state index is 10.9. The second-order valence-corrected chi connectivity index (χ2v) is 4.05. The third-order valence-electron chi connectivity index (χ3n) is 1.03. The van der Waals surface area contributed by atoms with E-state index in [1.807, 2.05) is 6.07 Å². The Morgan fingerprint density at radius 3 is 2.42 bits per heavy atom. The average molecular weight is 187 g/mol. The van der Waals surface area contributed by atoms with Crippen molar-refractivity contribution in [2.24, 2.45) is 0 Å². The lowest BCUT2D eigenvalue weighted by Crippen LogP contribution is -2.33. The molecule has 0 fully saturated rings. The van der Waals surface area contributed by atoms with Crippen molar-refractivity contribution >= 4 is 10.0 Å². The van der Waals surface area contributed by atoms with Crippen LogP contribution in [0, 0.1) is 22.7 Å². The molecule has 0 bridgehead atoms. The van der Waals surface area contributed by atoms with Crippen LogP contribution in [0.2, 0.25) is 0 Å². The van der Waals surface area contributed by atoms with E-state index in [1.165, 1.54) is 6.07 Å². The summed E-state index contributed by atoms with van der Waals surface area (Å²) in [5.74, 6) is -0.567. The summed E-state index contributed by atoms with van der Waals surface area (Å²) in [4.78, 5) is 0. The second kappa shape index (κ2) is 4.70. The average Bonchev–Trinajstić information content (AvgIpc) is 1.85. The van der Waals surface area contributed by atoms with Gasteiger partial charge in [0.2, 0.25) is 10.0 Å². The van der Waals surface area contributed by atoms with Crippen LogP contribution in [0.5, 0.6) is 0 Å². The van der Waals surface area contributed by atoms with Crippen LogP contribution in [-0.2, 0) is 10.0 Å². The maximum Gasteiger partial charge on any atom is 0.225 e.